The summed E-state index contributed by atoms with van der Waals surface area (Å²) in [6, 6.07) is 25.2. The molecule has 1 fully saturated rings. The van der Waals surface area contributed by atoms with Crippen molar-refractivity contribution in [1.29, 1.82) is 0 Å². The van der Waals surface area contributed by atoms with Crippen LogP contribution in [0.1, 0.15) is 119 Å². The second-order valence-electron chi connectivity index (χ2n) is 19.4. The minimum absolute atomic E-state index is 0.00114. The average molecular weight is 1040 g/mol. The topological polar surface area (TPSA) is 190 Å². The van der Waals surface area contributed by atoms with Gasteiger partial charge in [-0.1, -0.05) is 107 Å². The van der Waals surface area contributed by atoms with Crippen molar-refractivity contribution in [3.63, 3.8) is 0 Å². The Morgan fingerprint density at radius 3 is 2.11 bits per heavy atom. The molecule has 384 valence electrons. The number of aliphatic hydroxyl groups is 1. The molecular formula is C55H68ClN7O7S2. The van der Waals surface area contributed by atoms with Gasteiger partial charge in [-0.25, -0.2) is 4.98 Å². The third-order valence-electron chi connectivity index (χ3n) is 12.8. The lowest BCUT2D eigenvalue weighted by Gasteiger charge is -2.35. The van der Waals surface area contributed by atoms with E-state index in [2.05, 4.69) is 26.3 Å². The first-order chi connectivity index (χ1) is 34.5. The Balaban J connectivity index is 0.905. The van der Waals surface area contributed by atoms with Gasteiger partial charge in [-0.15, -0.1) is 34.3 Å². The lowest BCUT2D eigenvalue weighted by molar-refractivity contribution is -0.144. The number of nitrogens with one attached hydrogen (secondary N) is 4. The van der Waals surface area contributed by atoms with Gasteiger partial charge in [0.2, 0.25) is 35.4 Å². The Hall–Kier alpha value is -5.94. The number of aryl methyl sites for hydroxylation is 1. The predicted octanol–water partition coefficient (Wildman–Crippen LogP) is 9.28. The number of unbranched alkanes of at least 4 members (excludes halogenated alkanes) is 5. The van der Waals surface area contributed by atoms with Gasteiger partial charge in [-0.05, 0) is 90.9 Å². The van der Waals surface area contributed by atoms with Gasteiger partial charge in [-0.2, -0.15) is 0 Å². The van der Waals surface area contributed by atoms with E-state index in [1.807, 2.05) is 112 Å². The van der Waals surface area contributed by atoms with E-state index in [9.17, 15) is 33.9 Å². The summed E-state index contributed by atoms with van der Waals surface area (Å²) in [7, 11) is 0. The zero-order valence-corrected chi connectivity index (χ0v) is 44.2. The summed E-state index contributed by atoms with van der Waals surface area (Å²) in [5.74, 6) is -2.22. The number of nitrogens with zero attached hydrogens (tertiary/aromatic N) is 3. The molecule has 0 saturated carbocycles. The van der Waals surface area contributed by atoms with Crippen LogP contribution in [0.5, 0.6) is 0 Å². The summed E-state index contributed by atoms with van der Waals surface area (Å²) >= 11 is 9.04. The number of rotatable bonds is 24. The number of hydrogen-bond acceptors (Lipinski definition) is 10. The normalized spacial score (nSPS) is 15.8. The number of thiophene rings is 1. The molecular weight excluding hydrogens is 970 g/mol. The van der Waals surface area contributed by atoms with Gasteiger partial charge >= 0.3 is 0 Å². The number of hydrogen-bond donors (Lipinski definition) is 5. The molecule has 0 aliphatic carbocycles. The first-order valence-corrected chi connectivity index (χ1v) is 27.0. The Morgan fingerprint density at radius 2 is 1.50 bits per heavy atom. The zero-order valence-electron chi connectivity index (χ0n) is 41.8. The van der Waals surface area contributed by atoms with Gasteiger partial charge in [0.25, 0.3) is 0 Å². The first kappa shape index (κ1) is 55.4. The maximum atomic E-state index is 14.1. The fourth-order valence-electron chi connectivity index (χ4n) is 8.85. The quantitative estimate of drug-likeness (QED) is 0.0299. The van der Waals surface area contributed by atoms with Gasteiger partial charge < -0.3 is 31.3 Å². The number of β-amino-alcohol motifs (C(OH)–C–C–N with tert-alkyl or cyclic N) is 1. The molecule has 1 aliphatic rings. The highest BCUT2D eigenvalue weighted by molar-refractivity contribution is 7.13. The molecule has 14 nitrogen and oxygen atoms in total. The molecule has 6 rings (SSSR count). The highest BCUT2D eigenvalue weighted by atomic mass is 35.5. The second kappa shape index (κ2) is 26.7. The maximum Gasteiger partial charge on any atom is 0.248 e. The monoisotopic (exact) mass is 1040 g/mol. The number of anilines is 2. The Labute approximate surface area is 436 Å². The van der Waals surface area contributed by atoms with Crippen LogP contribution in [0.15, 0.2) is 102 Å². The van der Waals surface area contributed by atoms with Crippen molar-refractivity contribution >= 4 is 81.1 Å². The molecule has 3 aromatic carbocycles. The highest BCUT2D eigenvalue weighted by Crippen LogP contribution is 2.33. The molecule has 72 heavy (non-hydrogen) atoms. The lowest BCUT2D eigenvalue weighted by atomic mass is 9.85. The van der Waals surface area contributed by atoms with E-state index in [4.69, 9.17) is 11.6 Å². The van der Waals surface area contributed by atoms with Crippen LogP contribution in [-0.4, -0.2) is 87.6 Å². The Bertz CT molecular complexity index is 2570. The Kier molecular flexibility index (Phi) is 20.5. The van der Waals surface area contributed by atoms with Crippen molar-refractivity contribution in [2.45, 2.75) is 129 Å². The van der Waals surface area contributed by atoms with Crippen molar-refractivity contribution in [3.8, 4) is 10.4 Å². The number of aromatic nitrogens is 1. The summed E-state index contributed by atoms with van der Waals surface area (Å²) in [5, 5.41) is 24.4. The standard InChI is InChI=1S/C55H68ClN7O7S2/c1-36(39-21-23-40(24-22-39)50-37(2)58-35-72-50)59-52(68)44-32-43(64)34-62(44)54(70)51(55(3,4)5)61-47(66)20-14-9-7-6-8-13-19-46(65)60-41-25-27-42(28-26-41)63(48(67)33-56)49(45-18-15-31-71-45)53(69)57-30-29-38-16-11-10-12-17-38/h10-12,15-18,21-28,31,35-36,43-44,49,51,64H,6-9,13-14,19-20,29-30,32-34H2,1-5H3,(H,57,69)(H,59,68)(H,60,65)(H,61,66)/t36-,43+,44-,49?,51+/m0/s1. The van der Waals surface area contributed by atoms with E-state index in [1.54, 1.807) is 35.6 Å². The number of carbonyl (C=O) groups excluding carboxylic acids is 6. The molecule has 5 N–H and O–H groups in total. The average Bonchev–Trinajstić information content (AvgIpc) is 4.15. The van der Waals surface area contributed by atoms with E-state index >= 15 is 0 Å². The van der Waals surface area contributed by atoms with E-state index in [0.717, 1.165) is 52.9 Å². The molecule has 2 aromatic heterocycles. The van der Waals surface area contributed by atoms with Crippen LogP contribution in [0.4, 0.5) is 11.4 Å². The third kappa shape index (κ3) is 15.5. The summed E-state index contributed by atoms with van der Waals surface area (Å²) in [4.78, 5) is 89.9. The molecule has 3 heterocycles. The summed E-state index contributed by atoms with van der Waals surface area (Å²) < 4.78 is 0. The number of aliphatic hydroxyl groups excluding tert-OH is 1. The highest BCUT2D eigenvalue weighted by Gasteiger charge is 2.45. The lowest BCUT2D eigenvalue weighted by Crippen LogP contribution is -2.57. The maximum absolute atomic E-state index is 14.1. The molecule has 0 bridgehead atoms. The van der Waals surface area contributed by atoms with Crippen molar-refractivity contribution in [3.05, 3.63) is 124 Å². The van der Waals surface area contributed by atoms with Crippen LogP contribution in [0.2, 0.25) is 0 Å². The number of amides is 6. The zero-order chi connectivity index (χ0) is 51.8. The minimum atomic E-state index is -0.932. The number of thiazole rings is 1. The van der Waals surface area contributed by atoms with Gasteiger partial charge in [-0.3, -0.25) is 33.7 Å². The minimum Gasteiger partial charge on any atom is -0.391 e. The van der Waals surface area contributed by atoms with Crippen LogP contribution >= 0.6 is 34.3 Å². The Morgan fingerprint density at radius 1 is 0.833 bits per heavy atom. The molecule has 5 atom stereocenters. The largest absolute Gasteiger partial charge is 0.391 e. The fraction of sp³-hybridized carbons (Fsp3) is 0.436. The first-order valence-electron chi connectivity index (χ1n) is 24.8. The molecule has 1 unspecified atom stereocenters. The van der Waals surface area contributed by atoms with Gasteiger partial charge in [0.1, 0.15) is 24.0 Å². The number of alkyl halides is 1. The van der Waals surface area contributed by atoms with Crippen LogP contribution in [0.3, 0.4) is 0 Å². The molecule has 1 saturated heterocycles. The van der Waals surface area contributed by atoms with Crippen molar-refractivity contribution < 1.29 is 33.9 Å². The van der Waals surface area contributed by atoms with Gasteiger partial charge in [0.15, 0.2) is 0 Å². The van der Waals surface area contributed by atoms with Crippen LogP contribution in [-0.2, 0) is 35.2 Å². The van der Waals surface area contributed by atoms with E-state index in [0.29, 0.717) is 48.5 Å². The van der Waals surface area contributed by atoms with Gasteiger partial charge in [0.05, 0.1) is 28.2 Å². The molecule has 1 aliphatic heterocycles. The SMILES string of the molecule is Cc1ncsc1-c1ccc([C@H](C)NC(=O)[C@@H]2C[C@@H](O)CN2C(=O)[C@@H](NC(=O)CCCCCCCCC(=O)Nc2ccc(N(C(=O)CCl)C(C(=O)NCCc3ccccc3)c3cccs3)cc2)C(C)(C)C)cc1. The third-order valence-corrected chi connectivity index (χ3v) is 14.9. The number of halogens is 1. The molecule has 0 spiro atoms. The molecule has 5 aromatic rings. The van der Waals surface area contributed by atoms with E-state index in [-0.39, 0.29) is 54.9 Å². The van der Waals surface area contributed by atoms with E-state index in [1.165, 1.54) is 21.1 Å². The van der Waals surface area contributed by atoms with E-state index < -0.39 is 41.5 Å². The number of benzene rings is 3. The van der Waals surface area contributed by atoms with Crippen molar-refractivity contribution in [2.24, 2.45) is 5.41 Å². The number of likely N-dealkylation sites (tertiary alicyclic amines) is 1. The van der Waals surface area contributed by atoms with Crippen molar-refractivity contribution in [2.75, 3.05) is 29.2 Å². The second-order valence-corrected chi connectivity index (χ2v) is 21.5. The summed E-state index contributed by atoms with van der Waals surface area (Å²) in [6.07, 6.45) is 5.15. The summed E-state index contributed by atoms with van der Waals surface area (Å²) in [5.41, 5.74) is 6.18. The predicted molar refractivity (Wildman–Crippen MR) is 287 cm³/mol. The summed E-state index contributed by atoms with van der Waals surface area (Å²) in [6.45, 7) is 9.85. The van der Waals surface area contributed by atoms with Crippen LogP contribution < -0.4 is 26.2 Å². The smallest absolute Gasteiger partial charge is 0.248 e. The van der Waals surface area contributed by atoms with Crippen LogP contribution in [0.25, 0.3) is 10.4 Å². The molecule has 17 heteroatoms. The molecule has 6 amide bonds. The number of carbonyl (C=O) groups is 6. The fourth-order valence-corrected chi connectivity index (χ4v) is 10.6. The van der Waals surface area contributed by atoms with Crippen LogP contribution in [0, 0.1) is 12.3 Å². The van der Waals surface area contributed by atoms with Gasteiger partial charge in [0, 0.05) is 48.6 Å². The van der Waals surface area contributed by atoms with Crippen molar-refractivity contribution in [1.82, 2.24) is 25.8 Å². The molecule has 0 radical (unpaired) electrons.